The number of alkyl halides is 1. The lowest BCUT2D eigenvalue weighted by atomic mass is 10.1. The van der Waals surface area contributed by atoms with Crippen molar-refractivity contribution >= 4 is 23.4 Å². The summed E-state index contributed by atoms with van der Waals surface area (Å²) in [5.74, 6) is 0.864. The van der Waals surface area contributed by atoms with Crippen LogP contribution in [0, 0.1) is 11.3 Å². The molecule has 9 nitrogen and oxygen atoms in total. The highest BCUT2D eigenvalue weighted by Gasteiger charge is 2.25. The van der Waals surface area contributed by atoms with Gasteiger partial charge in [0.05, 0.1) is 17.8 Å². The fourth-order valence-electron chi connectivity index (χ4n) is 4.47. The van der Waals surface area contributed by atoms with E-state index in [1.54, 1.807) is 35.5 Å². The highest BCUT2D eigenvalue weighted by Crippen LogP contribution is 2.27. The molecule has 184 valence electrons. The second-order valence-corrected chi connectivity index (χ2v) is 9.11. The van der Waals surface area contributed by atoms with E-state index in [2.05, 4.69) is 38.3 Å². The highest BCUT2D eigenvalue weighted by molar-refractivity contribution is 5.95. The number of nitrogens with zero attached hydrogens (tertiary/aromatic N) is 7. The fourth-order valence-corrected chi connectivity index (χ4v) is 4.47. The molecule has 1 N–H and O–H groups in total. The summed E-state index contributed by atoms with van der Waals surface area (Å²) in [5.41, 5.74) is 2.95. The number of halogens is 1. The minimum Gasteiger partial charge on any atom is -0.352 e. The molecule has 0 radical (unpaired) electrons. The number of carbonyl (C=O) groups excluding carboxylic acids is 1. The molecule has 1 amide bonds. The first-order valence-electron chi connectivity index (χ1n) is 12.0. The van der Waals surface area contributed by atoms with Gasteiger partial charge in [-0.15, -0.1) is 0 Å². The maximum absolute atomic E-state index is 13.6. The van der Waals surface area contributed by atoms with E-state index in [4.69, 9.17) is 0 Å². The number of rotatable bonds is 5. The molecule has 2 saturated heterocycles. The highest BCUT2D eigenvalue weighted by atomic mass is 19.1. The average molecular weight is 487 g/mol. The third kappa shape index (κ3) is 5.11. The summed E-state index contributed by atoms with van der Waals surface area (Å²) < 4.78 is 13.6. The molecule has 2 aromatic heterocycles. The Morgan fingerprint density at radius 1 is 1.14 bits per heavy atom. The number of benzene rings is 1. The Balaban J connectivity index is 1.33. The number of nitrogens with one attached hydrogen (secondary N) is 1. The van der Waals surface area contributed by atoms with Crippen LogP contribution in [-0.4, -0.2) is 83.1 Å². The summed E-state index contributed by atoms with van der Waals surface area (Å²) in [7, 11) is 2.06. The molecule has 2 fully saturated rings. The SMILES string of the molecule is CN1CCN(C(=O)c2cccc(Nc3nccc(-c4cnc(N5CC[C@H](F)C5)c(C#N)c4)n3)c2)CC1. The van der Waals surface area contributed by atoms with Crippen LogP contribution >= 0.6 is 0 Å². The summed E-state index contributed by atoms with van der Waals surface area (Å²) in [6.45, 7) is 3.94. The molecule has 10 heteroatoms. The van der Waals surface area contributed by atoms with E-state index in [0.717, 1.165) is 13.1 Å². The Morgan fingerprint density at radius 3 is 2.72 bits per heavy atom. The smallest absolute Gasteiger partial charge is 0.254 e. The lowest BCUT2D eigenvalue weighted by Crippen LogP contribution is -2.47. The number of piperazine rings is 1. The predicted octanol–water partition coefficient (Wildman–Crippen LogP) is 3.09. The summed E-state index contributed by atoms with van der Waals surface area (Å²) in [6, 6.07) is 12.9. The van der Waals surface area contributed by atoms with Gasteiger partial charge in [-0.05, 0) is 43.8 Å². The Morgan fingerprint density at radius 2 is 1.97 bits per heavy atom. The molecule has 0 saturated carbocycles. The minimum atomic E-state index is -0.899. The van der Waals surface area contributed by atoms with E-state index in [0.29, 0.717) is 65.9 Å². The zero-order valence-electron chi connectivity index (χ0n) is 20.1. The van der Waals surface area contributed by atoms with Crippen molar-refractivity contribution in [3.63, 3.8) is 0 Å². The van der Waals surface area contributed by atoms with Crippen molar-refractivity contribution < 1.29 is 9.18 Å². The lowest BCUT2D eigenvalue weighted by Gasteiger charge is -2.32. The van der Waals surface area contributed by atoms with Crippen LogP contribution in [0.15, 0.2) is 48.8 Å². The standard InChI is InChI=1S/C26H27FN8O/c1-33-9-11-34(12-10-33)25(36)18-3-2-4-22(14-18)31-26-29-7-5-23(32-26)20-13-19(15-28)24(30-16-20)35-8-6-21(27)17-35/h2-5,7,13-14,16,21H,6,8-12,17H2,1H3,(H,29,31,32)/t21-/m0/s1. The minimum absolute atomic E-state index is 0.00806. The van der Waals surface area contributed by atoms with Gasteiger partial charge in [0, 0.05) is 61.9 Å². The van der Waals surface area contributed by atoms with Crippen LogP contribution in [0.2, 0.25) is 0 Å². The van der Waals surface area contributed by atoms with Gasteiger partial charge in [-0.2, -0.15) is 5.26 Å². The molecule has 0 aliphatic carbocycles. The summed E-state index contributed by atoms with van der Waals surface area (Å²) in [4.78, 5) is 32.2. The number of likely N-dealkylation sites (N-methyl/N-ethyl adjacent to an activating group) is 1. The molecule has 2 aliphatic heterocycles. The zero-order chi connectivity index (χ0) is 25.1. The van der Waals surface area contributed by atoms with E-state index in [-0.39, 0.29) is 12.5 Å². The number of anilines is 3. The van der Waals surface area contributed by atoms with Crippen LogP contribution in [0.5, 0.6) is 0 Å². The van der Waals surface area contributed by atoms with Crippen LogP contribution in [0.1, 0.15) is 22.3 Å². The van der Waals surface area contributed by atoms with Crippen LogP contribution in [0.25, 0.3) is 11.3 Å². The second kappa shape index (κ2) is 10.3. The first-order chi connectivity index (χ1) is 17.5. The molecule has 0 bridgehead atoms. The molecule has 3 aromatic rings. The molecular formula is C26H27FN8O. The Labute approximate surface area is 209 Å². The number of amides is 1. The van der Waals surface area contributed by atoms with Crippen molar-refractivity contribution in [1.29, 1.82) is 5.26 Å². The van der Waals surface area contributed by atoms with Crippen molar-refractivity contribution in [3.05, 3.63) is 59.9 Å². The molecule has 5 rings (SSSR count). The van der Waals surface area contributed by atoms with Crippen LogP contribution < -0.4 is 10.2 Å². The van der Waals surface area contributed by atoms with E-state index in [1.807, 2.05) is 23.1 Å². The van der Waals surface area contributed by atoms with Gasteiger partial charge in [-0.25, -0.2) is 19.3 Å². The molecule has 1 aromatic carbocycles. The topological polar surface area (TPSA) is 101 Å². The summed E-state index contributed by atoms with van der Waals surface area (Å²) in [6.07, 6.45) is 2.81. The van der Waals surface area contributed by atoms with E-state index >= 15 is 0 Å². The van der Waals surface area contributed by atoms with Crippen molar-refractivity contribution in [2.75, 3.05) is 56.5 Å². The van der Waals surface area contributed by atoms with Crippen molar-refractivity contribution in [3.8, 4) is 17.3 Å². The molecule has 2 aliphatic rings. The summed E-state index contributed by atoms with van der Waals surface area (Å²) in [5, 5.41) is 12.8. The van der Waals surface area contributed by atoms with Gasteiger partial charge in [0.25, 0.3) is 5.91 Å². The third-order valence-electron chi connectivity index (χ3n) is 6.52. The molecule has 4 heterocycles. The lowest BCUT2D eigenvalue weighted by molar-refractivity contribution is 0.0664. The normalized spacial score (nSPS) is 18.2. The Kier molecular flexibility index (Phi) is 6.73. The van der Waals surface area contributed by atoms with Gasteiger partial charge in [-0.1, -0.05) is 6.07 Å². The zero-order valence-corrected chi connectivity index (χ0v) is 20.1. The monoisotopic (exact) mass is 486 g/mol. The van der Waals surface area contributed by atoms with Crippen molar-refractivity contribution in [1.82, 2.24) is 24.8 Å². The van der Waals surface area contributed by atoms with Crippen LogP contribution in [0.4, 0.5) is 21.8 Å². The first-order valence-corrected chi connectivity index (χ1v) is 12.0. The fraction of sp³-hybridized carbons (Fsp3) is 0.346. The van der Waals surface area contributed by atoms with Gasteiger partial charge in [-0.3, -0.25) is 4.79 Å². The molecule has 1 atom stereocenters. The van der Waals surface area contributed by atoms with Gasteiger partial charge in [0.2, 0.25) is 5.95 Å². The Bertz CT molecular complexity index is 1300. The average Bonchev–Trinajstić information content (AvgIpc) is 3.34. The second-order valence-electron chi connectivity index (χ2n) is 9.11. The quantitative estimate of drug-likeness (QED) is 0.587. The van der Waals surface area contributed by atoms with E-state index in [9.17, 15) is 14.4 Å². The van der Waals surface area contributed by atoms with Gasteiger partial charge in [0.15, 0.2) is 0 Å². The number of nitriles is 1. The Hall–Kier alpha value is -4.10. The molecule has 0 unspecified atom stereocenters. The van der Waals surface area contributed by atoms with Crippen LogP contribution in [0.3, 0.4) is 0 Å². The number of carbonyl (C=O) groups is 1. The maximum atomic E-state index is 13.6. The third-order valence-corrected chi connectivity index (χ3v) is 6.52. The molecular weight excluding hydrogens is 459 g/mol. The van der Waals surface area contributed by atoms with Crippen molar-refractivity contribution in [2.24, 2.45) is 0 Å². The van der Waals surface area contributed by atoms with E-state index < -0.39 is 6.17 Å². The molecule has 36 heavy (non-hydrogen) atoms. The number of aromatic nitrogens is 3. The van der Waals surface area contributed by atoms with Gasteiger partial charge < -0.3 is 20.0 Å². The molecule has 0 spiro atoms. The van der Waals surface area contributed by atoms with Gasteiger partial charge in [0.1, 0.15) is 18.1 Å². The van der Waals surface area contributed by atoms with Crippen LogP contribution in [-0.2, 0) is 0 Å². The first kappa shape index (κ1) is 23.6. The number of pyridine rings is 1. The predicted molar refractivity (Wildman–Crippen MR) is 135 cm³/mol. The van der Waals surface area contributed by atoms with Gasteiger partial charge >= 0.3 is 0 Å². The van der Waals surface area contributed by atoms with Crippen molar-refractivity contribution in [2.45, 2.75) is 12.6 Å². The number of hydrogen-bond acceptors (Lipinski definition) is 8. The maximum Gasteiger partial charge on any atom is 0.254 e. The largest absolute Gasteiger partial charge is 0.352 e. The summed E-state index contributed by atoms with van der Waals surface area (Å²) >= 11 is 0. The van der Waals surface area contributed by atoms with E-state index in [1.165, 1.54) is 0 Å². The number of hydrogen-bond donors (Lipinski definition) is 1.